The van der Waals surface area contributed by atoms with Crippen LogP contribution in [0.15, 0.2) is 18.2 Å². The van der Waals surface area contributed by atoms with Crippen molar-refractivity contribution in [1.82, 2.24) is 0 Å². The van der Waals surface area contributed by atoms with Crippen LogP contribution in [0, 0.1) is 20.0 Å². The fourth-order valence-electron chi connectivity index (χ4n) is 0.946. The first-order valence-corrected chi connectivity index (χ1v) is 4.71. The lowest BCUT2D eigenvalue weighted by molar-refractivity contribution is -0.385. The van der Waals surface area contributed by atoms with Crippen LogP contribution in [0.3, 0.4) is 0 Å². The molecule has 5 heteroatoms. The molecule has 0 aliphatic carbocycles. The number of rotatable bonds is 2. The van der Waals surface area contributed by atoms with Crippen LogP contribution in [0.25, 0.3) is 0 Å². The molecule has 1 aromatic rings. The highest BCUT2D eigenvalue weighted by Crippen LogP contribution is 2.23. The third-order valence-corrected chi connectivity index (χ3v) is 1.85. The zero-order valence-corrected chi connectivity index (χ0v) is 9.44. The van der Waals surface area contributed by atoms with Gasteiger partial charge in [0.1, 0.15) is 11.3 Å². The van der Waals surface area contributed by atoms with Crippen LogP contribution in [0.2, 0.25) is 0 Å². The van der Waals surface area contributed by atoms with Gasteiger partial charge in [0.15, 0.2) is 0 Å². The number of hydrogen-bond donors (Lipinski definition) is 0. The number of nitro groups is 1. The van der Waals surface area contributed by atoms with E-state index in [1.165, 1.54) is 13.2 Å². The summed E-state index contributed by atoms with van der Waals surface area (Å²) >= 11 is 1.83. The topological polar surface area (TPSA) is 52.4 Å². The first kappa shape index (κ1) is 10.8. The smallest absolute Gasteiger partial charge is 0.288 e. The molecule has 0 spiro atoms. The van der Waals surface area contributed by atoms with Crippen molar-refractivity contribution >= 4 is 28.3 Å². The largest absolute Gasteiger partial charge is 0.497 e. The van der Waals surface area contributed by atoms with Gasteiger partial charge >= 0.3 is 0 Å². The lowest BCUT2D eigenvalue weighted by Gasteiger charge is -2.00. The van der Waals surface area contributed by atoms with Gasteiger partial charge in [0.2, 0.25) is 0 Å². The molecule has 72 valence electrons. The predicted molar refractivity (Wildman–Crippen MR) is 60.5 cm³/mol. The van der Waals surface area contributed by atoms with E-state index in [1.54, 1.807) is 12.1 Å². The minimum Gasteiger partial charge on any atom is -0.497 e. The maximum atomic E-state index is 10.6. The summed E-state index contributed by atoms with van der Waals surface area (Å²) in [5, 5.41) is 10.6. The van der Waals surface area contributed by atoms with Crippen LogP contribution < -0.4 is 4.74 Å². The summed E-state index contributed by atoms with van der Waals surface area (Å²) in [5.41, 5.74) is 0.360. The monoisotopic (exact) mass is 303 g/mol. The fraction of sp³-hybridized carbons (Fsp3) is 0.111. The first-order chi connectivity index (χ1) is 6.69. The number of ether oxygens (including phenoxy) is 1. The number of hydrogen-bond acceptors (Lipinski definition) is 3. The van der Waals surface area contributed by atoms with Crippen LogP contribution in [-0.4, -0.2) is 12.0 Å². The van der Waals surface area contributed by atoms with Gasteiger partial charge in [0, 0.05) is 22.6 Å². The minimum atomic E-state index is -0.473. The van der Waals surface area contributed by atoms with E-state index in [-0.39, 0.29) is 5.69 Å². The van der Waals surface area contributed by atoms with Crippen molar-refractivity contribution in [3.05, 3.63) is 33.9 Å². The average Bonchev–Trinajstić information content (AvgIpc) is 2.18. The molecular weight excluding hydrogens is 297 g/mol. The van der Waals surface area contributed by atoms with Crippen LogP contribution >= 0.6 is 22.6 Å². The molecule has 0 saturated carbocycles. The molecule has 0 saturated heterocycles. The Balaban J connectivity index is 3.28. The summed E-state index contributed by atoms with van der Waals surface area (Å²) in [6.07, 6.45) is 0. The van der Waals surface area contributed by atoms with E-state index >= 15 is 0 Å². The van der Waals surface area contributed by atoms with E-state index in [1.807, 2.05) is 22.6 Å². The zero-order chi connectivity index (χ0) is 10.6. The second-order valence-corrected chi connectivity index (χ2v) is 2.90. The molecule has 0 heterocycles. The van der Waals surface area contributed by atoms with Crippen molar-refractivity contribution in [2.75, 3.05) is 7.11 Å². The molecular formula is C9H6INO3. The van der Waals surface area contributed by atoms with Crippen molar-refractivity contribution in [2.45, 2.75) is 0 Å². The van der Waals surface area contributed by atoms with Crippen molar-refractivity contribution in [2.24, 2.45) is 0 Å². The Morgan fingerprint density at radius 1 is 1.57 bits per heavy atom. The van der Waals surface area contributed by atoms with Crippen LogP contribution in [0.5, 0.6) is 5.75 Å². The van der Waals surface area contributed by atoms with Gasteiger partial charge in [-0.2, -0.15) is 0 Å². The molecule has 0 aliphatic rings. The Morgan fingerprint density at radius 3 is 2.79 bits per heavy atom. The highest BCUT2D eigenvalue weighted by molar-refractivity contribution is 14.1. The Bertz CT molecular complexity index is 420. The first-order valence-electron chi connectivity index (χ1n) is 3.63. The Morgan fingerprint density at radius 2 is 2.29 bits per heavy atom. The molecule has 1 rings (SSSR count). The molecule has 1 aromatic carbocycles. The summed E-state index contributed by atoms with van der Waals surface area (Å²) in [5.74, 6) is 3.10. The van der Waals surface area contributed by atoms with Crippen molar-refractivity contribution in [3.63, 3.8) is 0 Å². The van der Waals surface area contributed by atoms with Crippen molar-refractivity contribution in [1.29, 1.82) is 0 Å². The summed E-state index contributed by atoms with van der Waals surface area (Å²) in [4.78, 5) is 10.2. The van der Waals surface area contributed by atoms with Gasteiger partial charge in [-0.3, -0.25) is 10.1 Å². The maximum absolute atomic E-state index is 10.6. The molecule has 14 heavy (non-hydrogen) atoms. The molecule has 0 atom stereocenters. The van der Waals surface area contributed by atoms with Gasteiger partial charge < -0.3 is 4.74 Å². The highest BCUT2D eigenvalue weighted by atomic mass is 127. The van der Waals surface area contributed by atoms with Gasteiger partial charge in [-0.15, -0.1) is 0 Å². The number of halogens is 1. The second-order valence-electron chi connectivity index (χ2n) is 2.36. The molecule has 0 aliphatic heterocycles. The molecule has 0 bridgehead atoms. The lowest BCUT2D eigenvalue weighted by atomic mass is 10.2. The van der Waals surface area contributed by atoms with Crippen molar-refractivity contribution < 1.29 is 9.66 Å². The van der Waals surface area contributed by atoms with Crippen LogP contribution in [0.4, 0.5) is 5.69 Å². The minimum absolute atomic E-state index is 0.0338. The van der Waals surface area contributed by atoms with E-state index in [9.17, 15) is 10.1 Å². The molecule has 0 N–H and O–H groups in total. The summed E-state index contributed by atoms with van der Waals surface area (Å²) in [7, 11) is 1.46. The standard InChI is InChI=1S/C9H6INO3/c1-14-8-3-2-7(4-5-10)9(6-8)11(12)13/h2-3,6H,1H3. The molecule has 0 radical (unpaired) electrons. The number of nitro benzene ring substituents is 1. The molecule has 4 nitrogen and oxygen atoms in total. The summed E-state index contributed by atoms with van der Waals surface area (Å²) < 4.78 is 7.48. The van der Waals surface area contributed by atoms with Crippen LogP contribution in [0.1, 0.15) is 5.56 Å². The highest BCUT2D eigenvalue weighted by Gasteiger charge is 2.12. The van der Waals surface area contributed by atoms with Gasteiger partial charge in [-0.1, -0.05) is 0 Å². The maximum Gasteiger partial charge on any atom is 0.288 e. The second kappa shape index (κ2) is 4.81. The summed E-state index contributed by atoms with van der Waals surface area (Å²) in [6.45, 7) is 0. The van der Waals surface area contributed by atoms with Gasteiger partial charge in [-0.25, -0.2) is 0 Å². The number of methoxy groups -OCH3 is 1. The Kier molecular flexibility index (Phi) is 3.71. The van der Waals surface area contributed by atoms with E-state index in [0.29, 0.717) is 11.3 Å². The number of nitrogens with zero attached hydrogens (tertiary/aromatic N) is 1. The van der Waals surface area contributed by atoms with Gasteiger partial charge in [0.25, 0.3) is 5.69 Å². The molecule has 0 unspecified atom stereocenters. The molecule has 0 aromatic heterocycles. The lowest BCUT2D eigenvalue weighted by Crippen LogP contribution is -1.93. The van der Waals surface area contributed by atoms with E-state index in [2.05, 4.69) is 9.85 Å². The third-order valence-electron chi connectivity index (χ3n) is 1.58. The number of benzene rings is 1. The normalized spacial score (nSPS) is 8.71. The SMILES string of the molecule is COc1ccc(C#CI)c([N+](=O)[O-])c1. The Labute approximate surface area is 94.6 Å². The van der Waals surface area contributed by atoms with Gasteiger partial charge in [0.05, 0.1) is 18.1 Å². The van der Waals surface area contributed by atoms with Gasteiger partial charge in [-0.05, 0) is 22.0 Å². The fourth-order valence-corrected chi connectivity index (χ4v) is 1.24. The molecule has 0 fully saturated rings. The average molecular weight is 303 g/mol. The zero-order valence-electron chi connectivity index (χ0n) is 7.28. The van der Waals surface area contributed by atoms with Crippen molar-refractivity contribution in [3.8, 4) is 15.6 Å². The predicted octanol–water partition coefficient (Wildman–Crippen LogP) is 2.35. The van der Waals surface area contributed by atoms with E-state index in [0.717, 1.165) is 0 Å². The quantitative estimate of drug-likeness (QED) is 0.365. The van der Waals surface area contributed by atoms with E-state index in [4.69, 9.17) is 4.74 Å². The van der Waals surface area contributed by atoms with E-state index < -0.39 is 4.92 Å². The molecule has 0 amide bonds. The summed E-state index contributed by atoms with van der Waals surface area (Å²) in [6, 6.07) is 4.57. The third kappa shape index (κ3) is 2.35. The Hall–Kier alpha value is -1.29. The van der Waals surface area contributed by atoms with Crippen LogP contribution in [-0.2, 0) is 0 Å².